The molecule has 1 saturated heterocycles. The molecule has 1 fully saturated rings. The Morgan fingerprint density at radius 3 is 2.86 bits per heavy atom. The monoisotopic (exact) mass is 289 g/mol. The molecule has 0 atom stereocenters. The Hall–Kier alpha value is -1.79. The number of hydrogen-bond acceptors (Lipinski definition) is 4. The maximum atomic E-state index is 11.7. The van der Waals surface area contributed by atoms with Gasteiger partial charge in [0.25, 0.3) is 0 Å². The molecule has 0 radical (unpaired) electrons. The van der Waals surface area contributed by atoms with Crippen LogP contribution < -0.4 is 10.8 Å². The lowest BCUT2D eigenvalue weighted by molar-refractivity contribution is -0.117. The van der Waals surface area contributed by atoms with Crippen LogP contribution in [-0.4, -0.2) is 32.3 Å². The summed E-state index contributed by atoms with van der Waals surface area (Å²) < 4.78 is 16.3. The Balaban J connectivity index is 2.05. The average Bonchev–Trinajstić information content (AvgIpc) is 2.71. The molecule has 0 unspecified atom stereocenters. The quantitative estimate of drug-likeness (QED) is 0.838. The number of ether oxygens (including phenoxy) is 1. The van der Waals surface area contributed by atoms with Gasteiger partial charge >= 0.3 is 7.12 Å². The third kappa shape index (κ3) is 3.86. The van der Waals surface area contributed by atoms with Crippen molar-refractivity contribution < 1.29 is 18.8 Å². The van der Waals surface area contributed by atoms with Crippen LogP contribution in [0.15, 0.2) is 36.6 Å². The lowest BCUT2D eigenvalue weighted by Gasteiger charge is -2.15. The number of benzene rings is 1. The number of anilines is 1. The van der Waals surface area contributed by atoms with Crippen molar-refractivity contribution >= 4 is 24.2 Å². The lowest BCUT2D eigenvalue weighted by Crippen LogP contribution is -2.34. The molecule has 1 heterocycles. The van der Waals surface area contributed by atoms with Crippen LogP contribution in [0.2, 0.25) is 0 Å². The van der Waals surface area contributed by atoms with Crippen LogP contribution in [0.1, 0.15) is 20.3 Å². The molecule has 6 heteroatoms. The van der Waals surface area contributed by atoms with E-state index in [1.807, 2.05) is 38.1 Å². The van der Waals surface area contributed by atoms with E-state index in [1.165, 1.54) is 0 Å². The van der Waals surface area contributed by atoms with E-state index in [2.05, 4.69) is 11.9 Å². The van der Waals surface area contributed by atoms with Crippen LogP contribution >= 0.6 is 0 Å². The summed E-state index contributed by atoms with van der Waals surface area (Å²) in [5.74, 6) is 0.508. The van der Waals surface area contributed by atoms with E-state index >= 15 is 0 Å². The van der Waals surface area contributed by atoms with E-state index in [-0.39, 0.29) is 5.91 Å². The molecule has 2 rings (SSSR count). The van der Waals surface area contributed by atoms with Gasteiger partial charge in [0.05, 0.1) is 18.8 Å². The van der Waals surface area contributed by atoms with Crippen molar-refractivity contribution in [2.24, 2.45) is 0 Å². The Morgan fingerprint density at radius 2 is 2.24 bits per heavy atom. The van der Waals surface area contributed by atoms with Crippen LogP contribution in [0, 0.1) is 0 Å². The number of rotatable bonds is 5. The van der Waals surface area contributed by atoms with E-state index in [9.17, 15) is 4.79 Å². The fourth-order valence-corrected chi connectivity index (χ4v) is 1.95. The molecular weight excluding hydrogens is 269 g/mol. The lowest BCUT2D eigenvalue weighted by atomic mass is 9.79. The summed E-state index contributed by atoms with van der Waals surface area (Å²) in [6.45, 7) is 8.07. The molecule has 1 aromatic rings. The van der Waals surface area contributed by atoms with Gasteiger partial charge < -0.3 is 19.4 Å². The first-order chi connectivity index (χ1) is 9.92. The fourth-order valence-electron chi connectivity index (χ4n) is 1.95. The Labute approximate surface area is 125 Å². The third-order valence-corrected chi connectivity index (χ3v) is 3.30. The van der Waals surface area contributed by atoms with Gasteiger partial charge in [0, 0.05) is 12.8 Å². The van der Waals surface area contributed by atoms with Crippen LogP contribution in [0.4, 0.5) is 5.69 Å². The summed E-state index contributed by atoms with van der Waals surface area (Å²) in [4.78, 5) is 11.7. The van der Waals surface area contributed by atoms with Crippen LogP contribution in [0.5, 0.6) is 0 Å². The van der Waals surface area contributed by atoms with Crippen molar-refractivity contribution in [1.29, 1.82) is 0 Å². The molecule has 0 aliphatic carbocycles. The van der Waals surface area contributed by atoms with Gasteiger partial charge in [-0.05, 0) is 31.4 Å². The Morgan fingerprint density at radius 1 is 1.48 bits per heavy atom. The maximum absolute atomic E-state index is 11.7. The number of methoxy groups -OCH3 is 1. The average molecular weight is 289 g/mol. The normalized spacial score (nSPS) is 16.7. The highest BCUT2D eigenvalue weighted by Crippen LogP contribution is 2.29. The van der Waals surface area contributed by atoms with Crippen molar-refractivity contribution in [2.75, 3.05) is 19.0 Å². The summed E-state index contributed by atoms with van der Waals surface area (Å²) in [6.07, 6.45) is 0.320. The smallest absolute Gasteiger partial charge is 0.534 e. The van der Waals surface area contributed by atoms with Gasteiger partial charge in [0.1, 0.15) is 5.60 Å². The topological polar surface area (TPSA) is 56.8 Å². The molecular formula is C15H20BNO4. The zero-order valence-corrected chi connectivity index (χ0v) is 12.6. The second-order valence-corrected chi connectivity index (χ2v) is 5.42. The summed E-state index contributed by atoms with van der Waals surface area (Å²) in [7, 11) is 1.07. The predicted octanol–water partition coefficient (Wildman–Crippen LogP) is 1.70. The van der Waals surface area contributed by atoms with Gasteiger partial charge in [-0.2, -0.15) is 0 Å². The minimum atomic E-state index is -0.512. The van der Waals surface area contributed by atoms with E-state index in [4.69, 9.17) is 14.0 Å². The number of carbonyl (C=O) groups is 1. The first-order valence-corrected chi connectivity index (χ1v) is 6.85. The summed E-state index contributed by atoms with van der Waals surface area (Å²) in [6, 6.07) is 7.40. The maximum Gasteiger partial charge on any atom is 0.563 e. The number of carbonyl (C=O) groups excluding carboxylic acids is 1. The molecule has 1 aromatic carbocycles. The van der Waals surface area contributed by atoms with Gasteiger partial charge in [-0.15, -0.1) is 0 Å². The highest BCUT2D eigenvalue weighted by atomic mass is 16.7. The third-order valence-electron chi connectivity index (χ3n) is 3.30. The first-order valence-electron chi connectivity index (χ1n) is 6.85. The molecule has 1 amide bonds. The molecule has 0 saturated carbocycles. The molecule has 21 heavy (non-hydrogen) atoms. The van der Waals surface area contributed by atoms with Crippen LogP contribution in [-0.2, 0) is 18.8 Å². The molecule has 1 aliphatic rings. The Bertz CT molecular complexity index is 544. The van der Waals surface area contributed by atoms with E-state index in [0.717, 1.165) is 5.46 Å². The summed E-state index contributed by atoms with van der Waals surface area (Å²) in [5.41, 5.74) is 1.03. The molecule has 1 aliphatic heterocycles. The number of hydrogen-bond donors (Lipinski definition) is 1. The molecule has 0 aromatic heterocycles. The van der Waals surface area contributed by atoms with E-state index in [1.54, 1.807) is 7.11 Å². The predicted molar refractivity (Wildman–Crippen MR) is 82.3 cm³/mol. The fraction of sp³-hybridized carbons (Fsp3) is 0.400. The standard InChI is InChI=1S/C15H20BNO4/c1-11-15(2,3)21-16(20-11)12-6-5-7-13(10-12)17-14(18)8-9-19-4/h5-7,10H,1,8-9H2,2-4H3,(H,17,18). The largest absolute Gasteiger partial charge is 0.563 e. The van der Waals surface area contributed by atoms with Gasteiger partial charge in [0.2, 0.25) is 5.91 Å². The zero-order valence-electron chi connectivity index (χ0n) is 12.6. The van der Waals surface area contributed by atoms with Crippen molar-refractivity contribution in [3.63, 3.8) is 0 Å². The second kappa shape index (κ2) is 6.32. The van der Waals surface area contributed by atoms with Gasteiger partial charge in [0.15, 0.2) is 0 Å². The van der Waals surface area contributed by atoms with Crippen molar-refractivity contribution in [1.82, 2.24) is 0 Å². The van der Waals surface area contributed by atoms with E-state index in [0.29, 0.717) is 24.5 Å². The molecule has 112 valence electrons. The molecule has 0 spiro atoms. The highest BCUT2D eigenvalue weighted by Gasteiger charge is 2.42. The van der Waals surface area contributed by atoms with Gasteiger partial charge in [-0.25, -0.2) is 0 Å². The number of amides is 1. The molecule has 1 N–H and O–H groups in total. The highest BCUT2D eigenvalue weighted by molar-refractivity contribution is 6.62. The minimum absolute atomic E-state index is 0.0907. The first kappa shape index (κ1) is 15.6. The van der Waals surface area contributed by atoms with Crippen molar-refractivity contribution in [3.05, 3.63) is 36.6 Å². The molecule has 5 nitrogen and oxygen atoms in total. The minimum Gasteiger partial charge on any atom is -0.534 e. The van der Waals surface area contributed by atoms with Crippen molar-refractivity contribution in [2.45, 2.75) is 25.9 Å². The van der Waals surface area contributed by atoms with Crippen LogP contribution in [0.3, 0.4) is 0 Å². The van der Waals surface area contributed by atoms with E-state index < -0.39 is 12.7 Å². The van der Waals surface area contributed by atoms with Gasteiger partial charge in [-0.1, -0.05) is 18.7 Å². The molecule has 0 bridgehead atoms. The Kier molecular flexibility index (Phi) is 4.70. The second-order valence-electron chi connectivity index (χ2n) is 5.42. The van der Waals surface area contributed by atoms with Crippen molar-refractivity contribution in [3.8, 4) is 0 Å². The summed E-state index contributed by atoms with van der Waals surface area (Å²) >= 11 is 0. The van der Waals surface area contributed by atoms with Crippen LogP contribution in [0.25, 0.3) is 0 Å². The van der Waals surface area contributed by atoms with Gasteiger partial charge in [-0.3, -0.25) is 4.79 Å². The SMILES string of the molecule is C=C1OB(c2cccc(NC(=O)CCOC)c2)OC1(C)C. The number of nitrogens with one attached hydrogen (secondary N) is 1. The summed E-state index contributed by atoms with van der Waals surface area (Å²) in [5, 5.41) is 2.82. The zero-order chi connectivity index (χ0) is 15.5.